The second kappa shape index (κ2) is 3.75. The maximum Gasteiger partial charge on any atom is -0.0170 e. The van der Waals surface area contributed by atoms with Gasteiger partial charge in [-0.05, 0) is 24.7 Å². The average molecular weight is 150 g/mol. The van der Waals surface area contributed by atoms with Crippen LogP contribution in [0.25, 0.3) is 0 Å². The first-order valence-electron chi connectivity index (χ1n) is 4.66. The topological polar surface area (TPSA) is 0 Å². The summed E-state index contributed by atoms with van der Waals surface area (Å²) >= 11 is 0. The van der Waals surface area contributed by atoms with E-state index in [1.807, 2.05) is 0 Å². The van der Waals surface area contributed by atoms with E-state index >= 15 is 0 Å². The van der Waals surface area contributed by atoms with E-state index in [0.29, 0.717) is 0 Å². The molecule has 0 aromatic heterocycles. The number of hydrogen-bond donors (Lipinski definition) is 0. The van der Waals surface area contributed by atoms with Crippen LogP contribution >= 0.6 is 0 Å². The van der Waals surface area contributed by atoms with Gasteiger partial charge in [-0.15, -0.1) is 0 Å². The van der Waals surface area contributed by atoms with Crippen molar-refractivity contribution in [2.24, 2.45) is 11.8 Å². The Morgan fingerprint density at radius 2 is 2.09 bits per heavy atom. The molecule has 0 nitrogen and oxygen atoms in total. The molecule has 0 N–H and O–H groups in total. The zero-order chi connectivity index (χ0) is 8.27. The summed E-state index contributed by atoms with van der Waals surface area (Å²) in [6.45, 7) is 6.79. The minimum atomic E-state index is 0.746. The maximum atomic E-state index is 2.44. The highest BCUT2D eigenvalue weighted by atomic mass is 14.2. The summed E-state index contributed by atoms with van der Waals surface area (Å²) in [5.74, 6) is 1.53. The van der Waals surface area contributed by atoms with Gasteiger partial charge in [0.05, 0.1) is 0 Å². The lowest BCUT2D eigenvalue weighted by atomic mass is 9.85. The fourth-order valence-corrected chi connectivity index (χ4v) is 1.63. The largest absolute Gasteiger partial charge is 0.0808 e. The van der Waals surface area contributed by atoms with Crippen LogP contribution in [0.5, 0.6) is 0 Å². The molecule has 0 spiro atoms. The Hall–Kier alpha value is -0.520. The molecule has 0 heteroatoms. The summed E-state index contributed by atoms with van der Waals surface area (Å²) < 4.78 is 0. The van der Waals surface area contributed by atoms with E-state index < -0.39 is 0 Å². The molecule has 0 fully saturated rings. The minimum Gasteiger partial charge on any atom is -0.0808 e. The summed E-state index contributed by atoms with van der Waals surface area (Å²) in [6.07, 6.45) is 9.50. The predicted molar refractivity (Wildman–Crippen MR) is 50.5 cm³/mol. The molecule has 2 atom stereocenters. The minimum absolute atomic E-state index is 0.746. The monoisotopic (exact) mass is 150 g/mol. The van der Waals surface area contributed by atoms with Crippen LogP contribution in [-0.2, 0) is 0 Å². The first-order chi connectivity index (χ1) is 5.27. The Morgan fingerprint density at radius 1 is 1.36 bits per heavy atom. The molecular formula is C11H18. The van der Waals surface area contributed by atoms with Crippen molar-refractivity contribution in [2.45, 2.75) is 33.6 Å². The Morgan fingerprint density at radius 3 is 2.64 bits per heavy atom. The van der Waals surface area contributed by atoms with Crippen molar-refractivity contribution in [3.63, 3.8) is 0 Å². The predicted octanol–water partition coefficient (Wildman–Crippen LogP) is 3.55. The van der Waals surface area contributed by atoms with E-state index in [9.17, 15) is 0 Å². The SMILES string of the molecule is CCC1=CC(CC)C(C)C=C1. The second-order valence-corrected chi connectivity index (χ2v) is 3.39. The molecule has 0 amide bonds. The van der Waals surface area contributed by atoms with Crippen molar-refractivity contribution < 1.29 is 0 Å². The standard InChI is InChI=1S/C11H18/c1-4-10-7-6-9(3)11(5-2)8-10/h6-9,11H,4-5H2,1-3H3. The van der Waals surface area contributed by atoms with Gasteiger partial charge in [-0.25, -0.2) is 0 Å². The smallest absolute Gasteiger partial charge is 0.0170 e. The summed E-state index contributed by atoms with van der Waals surface area (Å²) in [5.41, 5.74) is 1.51. The normalized spacial score (nSPS) is 30.3. The molecule has 0 saturated heterocycles. The number of hydrogen-bond acceptors (Lipinski definition) is 0. The molecule has 1 aliphatic rings. The van der Waals surface area contributed by atoms with Crippen molar-refractivity contribution in [1.29, 1.82) is 0 Å². The zero-order valence-electron chi connectivity index (χ0n) is 7.80. The van der Waals surface area contributed by atoms with Crippen LogP contribution in [0.15, 0.2) is 23.8 Å². The Labute approximate surface area is 70.0 Å². The van der Waals surface area contributed by atoms with Gasteiger partial charge in [0.25, 0.3) is 0 Å². The molecule has 0 aromatic carbocycles. The van der Waals surface area contributed by atoms with Crippen LogP contribution in [0, 0.1) is 11.8 Å². The molecule has 11 heavy (non-hydrogen) atoms. The van der Waals surface area contributed by atoms with E-state index in [0.717, 1.165) is 11.8 Å². The van der Waals surface area contributed by atoms with Gasteiger partial charge >= 0.3 is 0 Å². The Kier molecular flexibility index (Phi) is 2.92. The average Bonchev–Trinajstić information content (AvgIpc) is 2.05. The van der Waals surface area contributed by atoms with Crippen LogP contribution in [0.2, 0.25) is 0 Å². The van der Waals surface area contributed by atoms with Crippen LogP contribution in [0.1, 0.15) is 33.6 Å². The molecule has 0 heterocycles. The van der Waals surface area contributed by atoms with Gasteiger partial charge in [0.15, 0.2) is 0 Å². The van der Waals surface area contributed by atoms with Crippen molar-refractivity contribution >= 4 is 0 Å². The van der Waals surface area contributed by atoms with Crippen molar-refractivity contribution in [2.75, 3.05) is 0 Å². The molecule has 0 bridgehead atoms. The molecule has 2 unspecified atom stereocenters. The lowest BCUT2D eigenvalue weighted by Gasteiger charge is -2.21. The molecule has 0 aliphatic heterocycles. The second-order valence-electron chi connectivity index (χ2n) is 3.39. The summed E-state index contributed by atoms with van der Waals surface area (Å²) in [7, 11) is 0. The van der Waals surface area contributed by atoms with E-state index in [2.05, 4.69) is 39.0 Å². The Bertz CT molecular complexity index is 174. The lowest BCUT2D eigenvalue weighted by molar-refractivity contribution is 0.487. The first-order valence-corrected chi connectivity index (χ1v) is 4.66. The van der Waals surface area contributed by atoms with Crippen molar-refractivity contribution in [3.8, 4) is 0 Å². The summed E-state index contributed by atoms with van der Waals surface area (Å²) in [4.78, 5) is 0. The third-order valence-corrected chi connectivity index (χ3v) is 2.60. The summed E-state index contributed by atoms with van der Waals surface area (Å²) in [6, 6.07) is 0. The zero-order valence-corrected chi connectivity index (χ0v) is 7.80. The highest BCUT2D eigenvalue weighted by Gasteiger charge is 2.13. The lowest BCUT2D eigenvalue weighted by Crippen LogP contribution is -2.09. The molecule has 0 radical (unpaired) electrons. The van der Waals surface area contributed by atoms with Gasteiger partial charge in [0.1, 0.15) is 0 Å². The van der Waals surface area contributed by atoms with Gasteiger partial charge in [-0.1, -0.05) is 44.6 Å². The van der Waals surface area contributed by atoms with Gasteiger partial charge < -0.3 is 0 Å². The van der Waals surface area contributed by atoms with Crippen LogP contribution < -0.4 is 0 Å². The van der Waals surface area contributed by atoms with E-state index in [1.54, 1.807) is 0 Å². The third kappa shape index (κ3) is 1.95. The van der Waals surface area contributed by atoms with Gasteiger partial charge in [-0.2, -0.15) is 0 Å². The molecule has 62 valence electrons. The molecule has 1 rings (SSSR count). The van der Waals surface area contributed by atoms with E-state index in [-0.39, 0.29) is 0 Å². The van der Waals surface area contributed by atoms with Crippen LogP contribution in [0.3, 0.4) is 0 Å². The van der Waals surface area contributed by atoms with E-state index in [4.69, 9.17) is 0 Å². The highest BCUT2D eigenvalue weighted by Crippen LogP contribution is 2.26. The number of rotatable bonds is 2. The van der Waals surface area contributed by atoms with Crippen LogP contribution in [0.4, 0.5) is 0 Å². The van der Waals surface area contributed by atoms with Gasteiger partial charge in [0, 0.05) is 0 Å². The van der Waals surface area contributed by atoms with Crippen molar-refractivity contribution in [1.82, 2.24) is 0 Å². The fourth-order valence-electron chi connectivity index (χ4n) is 1.63. The van der Waals surface area contributed by atoms with Crippen molar-refractivity contribution in [3.05, 3.63) is 23.8 Å². The number of allylic oxidation sites excluding steroid dienone is 4. The molecular weight excluding hydrogens is 132 g/mol. The molecule has 0 saturated carbocycles. The maximum absolute atomic E-state index is 2.44. The summed E-state index contributed by atoms with van der Waals surface area (Å²) in [5, 5.41) is 0. The first kappa shape index (κ1) is 8.58. The fraction of sp³-hybridized carbons (Fsp3) is 0.636. The van der Waals surface area contributed by atoms with Crippen LogP contribution in [-0.4, -0.2) is 0 Å². The molecule has 0 aromatic rings. The molecule has 1 aliphatic carbocycles. The quantitative estimate of drug-likeness (QED) is 0.564. The third-order valence-electron chi connectivity index (χ3n) is 2.60. The Balaban J connectivity index is 2.67. The van der Waals surface area contributed by atoms with Gasteiger partial charge in [-0.3, -0.25) is 0 Å². The van der Waals surface area contributed by atoms with E-state index in [1.165, 1.54) is 18.4 Å². The highest BCUT2D eigenvalue weighted by molar-refractivity contribution is 5.24. The van der Waals surface area contributed by atoms with Gasteiger partial charge in [0.2, 0.25) is 0 Å².